The van der Waals surface area contributed by atoms with Gasteiger partial charge in [0.2, 0.25) is 0 Å². The summed E-state index contributed by atoms with van der Waals surface area (Å²) < 4.78 is 50.0. The molecule has 45 heavy (non-hydrogen) atoms. The number of thiazole rings is 1. The molecule has 5 rings (SSSR count). The highest BCUT2D eigenvalue weighted by atomic mass is 32.1. The third-order valence-corrected chi connectivity index (χ3v) is 7.68. The predicted octanol–water partition coefficient (Wildman–Crippen LogP) is 7.46. The minimum Gasteiger partial charge on any atom is -0.497 e. The molecule has 0 unspecified atom stereocenters. The fraction of sp³-hybridized carbons (Fsp3) is 0.219. The smallest absolute Gasteiger partial charge is 0.497 e. The average molecular weight is 635 g/mol. The number of urea groups is 1. The van der Waals surface area contributed by atoms with Gasteiger partial charge in [0.15, 0.2) is 10.6 Å². The maximum absolute atomic E-state index is 12.7. The van der Waals surface area contributed by atoms with Gasteiger partial charge in [0.05, 0.1) is 18.5 Å². The van der Waals surface area contributed by atoms with Gasteiger partial charge in [0.25, 0.3) is 0 Å². The van der Waals surface area contributed by atoms with Gasteiger partial charge in [0.1, 0.15) is 17.8 Å². The van der Waals surface area contributed by atoms with E-state index < -0.39 is 12.4 Å². The van der Waals surface area contributed by atoms with Crippen molar-refractivity contribution in [3.8, 4) is 34.3 Å². The Kier molecular flexibility index (Phi) is 9.28. The molecule has 5 aromatic rings. The molecule has 3 aromatic carbocycles. The molecule has 0 aliphatic rings. The number of rotatable bonds is 8. The van der Waals surface area contributed by atoms with Crippen LogP contribution in [-0.4, -0.2) is 45.0 Å². The van der Waals surface area contributed by atoms with E-state index in [0.29, 0.717) is 28.5 Å². The number of benzene rings is 3. The molecule has 232 valence electrons. The second-order valence-electron chi connectivity index (χ2n) is 10.2. The maximum atomic E-state index is 12.7. The molecule has 0 radical (unpaired) electrons. The van der Waals surface area contributed by atoms with Crippen molar-refractivity contribution < 1.29 is 27.4 Å². The number of alkyl halides is 3. The zero-order valence-corrected chi connectivity index (χ0v) is 25.6. The van der Waals surface area contributed by atoms with E-state index in [1.54, 1.807) is 7.11 Å². The molecule has 0 aliphatic carbocycles. The summed E-state index contributed by atoms with van der Waals surface area (Å²) in [6, 6.07) is 18.0. The van der Waals surface area contributed by atoms with Gasteiger partial charge in [-0.1, -0.05) is 44.2 Å². The molecule has 2 heterocycles. The summed E-state index contributed by atoms with van der Waals surface area (Å²) in [5, 5.41) is 6.36. The van der Waals surface area contributed by atoms with Crippen molar-refractivity contribution in [2.45, 2.75) is 39.5 Å². The summed E-state index contributed by atoms with van der Waals surface area (Å²) >= 11 is 1.37. The second kappa shape index (κ2) is 13.3. The van der Waals surface area contributed by atoms with Crippen molar-refractivity contribution in [1.29, 1.82) is 0 Å². The van der Waals surface area contributed by atoms with E-state index in [-0.39, 0.29) is 11.7 Å². The fourth-order valence-electron chi connectivity index (χ4n) is 4.55. The number of carbonyl (C=O) groups is 1. The molecule has 0 saturated heterocycles. The van der Waals surface area contributed by atoms with Crippen LogP contribution in [0.25, 0.3) is 22.8 Å². The number of carbonyl (C=O) groups excluding carboxylic acids is 1. The van der Waals surface area contributed by atoms with E-state index in [2.05, 4.69) is 38.7 Å². The van der Waals surface area contributed by atoms with E-state index in [1.165, 1.54) is 52.8 Å². The number of amides is 2. The number of aliphatic imine (C=N–C) groups is 1. The third kappa shape index (κ3) is 7.73. The van der Waals surface area contributed by atoms with Gasteiger partial charge >= 0.3 is 12.4 Å². The van der Waals surface area contributed by atoms with Crippen molar-refractivity contribution in [2.75, 3.05) is 7.11 Å². The van der Waals surface area contributed by atoms with Crippen molar-refractivity contribution in [3.05, 3.63) is 100 Å². The summed E-state index contributed by atoms with van der Waals surface area (Å²) in [6.07, 6.45) is -1.35. The highest BCUT2D eigenvalue weighted by molar-refractivity contribution is 7.07. The monoisotopic (exact) mass is 634 g/mol. The molecular formula is C32H29F3N6O3S. The number of methoxy groups -OCH3 is 1. The van der Waals surface area contributed by atoms with Crippen LogP contribution in [0.2, 0.25) is 0 Å². The van der Waals surface area contributed by atoms with E-state index in [4.69, 9.17) is 4.74 Å². The van der Waals surface area contributed by atoms with Gasteiger partial charge in [-0.3, -0.25) is 4.57 Å². The first-order chi connectivity index (χ1) is 21.5. The number of nitrogens with zero attached hydrogens (tertiary/aromatic N) is 6. The Morgan fingerprint density at radius 2 is 1.76 bits per heavy atom. The highest BCUT2D eigenvalue weighted by Crippen LogP contribution is 2.28. The minimum atomic E-state index is -4.76. The third-order valence-electron chi connectivity index (χ3n) is 6.74. The number of aryl methyl sites for hydroxylation is 1. The lowest BCUT2D eigenvalue weighted by Gasteiger charge is -2.16. The van der Waals surface area contributed by atoms with Gasteiger partial charge in [-0.05, 0) is 54.3 Å². The van der Waals surface area contributed by atoms with Crippen LogP contribution in [0, 0.1) is 6.92 Å². The van der Waals surface area contributed by atoms with Crippen molar-refractivity contribution in [1.82, 2.24) is 19.3 Å². The van der Waals surface area contributed by atoms with Gasteiger partial charge in [-0.25, -0.2) is 19.5 Å². The number of halogens is 3. The van der Waals surface area contributed by atoms with Crippen molar-refractivity contribution in [3.63, 3.8) is 0 Å². The molecule has 0 fully saturated rings. The molecular weight excluding hydrogens is 605 g/mol. The Bertz CT molecular complexity index is 1890. The molecule has 2 aromatic heterocycles. The van der Waals surface area contributed by atoms with Gasteiger partial charge < -0.3 is 9.47 Å². The fourth-order valence-corrected chi connectivity index (χ4v) is 5.41. The SMILES string of the molecule is COc1ccc(C(C)C)c(-n2c(C)csc2=NC(=O)N=CCc2ccc(-c3ncn(-c4ccc(OC(F)(F)F)cc4)n3)cc2)c1. The summed E-state index contributed by atoms with van der Waals surface area (Å²) in [5.74, 6) is 1.08. The second-order valence-corrected chi connectivity index (χ2v) is 11.1. The Labute approximate surface area is 261 Å². The van der Waals surface area contributed by atoms with E-state index in [0.717, 1.165) is 28.1 Å². The molecule has 0 N–H and O–H groups in total. The Balaban J connectivity index is 1.25. The first kappa shape index (κ1) is 31.4. The van der Waals surface area contributed by atoms with Gasteiger partial charge in [0, 0.05) is 35.3 Å². The first-order valence-corrected chi connectivity index (χ1v) is 14.7. The van der Waals surface area contributed by atoms with E-state index in [9.17, 15) is 18.0 Å². The lowest BCUT2D eigenvalue weighted by Crippen LogP contribution is -2.18. The largest absolute Gasteiger partial charge is 0.573 e. The molecule has 0 atom stereocenters. The molecule has 13 heteroatoms. The van der Waals surface area contributed by atoms with Crippen LogP contribution < -0.4 is 14.3 Å². The van der Waals surface area contributed by atoms with E-state index >= 15 is 0 Å². The molecule has 0 aliphatic heterocycles. The minimum absolute atomic E-state index is 0.250. The zero-order valence-electron chi connectivity index (χ0n) is 24.8. The number of hydrogen-bond donors (Lipinski definition) is 0. The molecule has 9 nitrogen and oxygen atoms in total. The Morgan fingerprint density at radius 1 is 1.04 bits per heavy atom. The molecule has 0 saturated carbocycles. The molecule has 2 amide bonds. The van der Waals surface area contributed by atoms with Crippen molar-refractivity contribution in [2.24, 2.45) is 9.98 Å². The van der Waals surface area contributed by atoms with Gasteiger partial charge in [-0.15, -0.1) is 29.6 Å². The lowest BCUT2D eigenvalue weighted by molar-refractivity contribution is -0.274. The number of aromatic nitrogens is 4. The van der Waals surface area contributed by atoms with Gasteiger partial charge in [-0.2, -0.15) is 4.99 Å². The normalized spacial score (nSPS) is 12.3. The van der Waals surface area contributed by atoms with Crippen LogP contribution in [0.1, 0.15) is 36.6 Å². The summed E-state index contributed by atoms with van der Waals surface area (Å²) in [6.45, 7) is 6.18. The Morgan fingerprint density at radius 3 is 2.42 bits per heavy atom. The number of hydrogen-bond acceptors (Lipinski definition) is 6. The maximum Gasteiger partial charge on any atom is 0.573 e. The summed E-state index contributed by atoms with van der Waals surface area (Å²) in [7, 11) is 1.62. The topological polar surface area (TPSA) is 95.9 Å². The Hall–Kier alpha value is -5.04. The molecule has 0 spiro atoms. The quantitative estimate of drug-likeness (QED) is 0.165. The van der Waals surface area contributed by atoms with Crippen molar-refractivity contribution >= 4 is 23.6 Å². The molecule has 0 bridgehead atoms. The predicted molar refractivity (Wildman–Crippen MR) is 166 cm³/mol. The summed E-state index contributed by atoms with van der Waals surface area (Å²) in [4.78, 5) is 25.8. The van der Waals surface area contributed by atoms with E-state index in [1.807, 2.05) is 59.3 Å². The van der Waals surface area contributed by atoms with Crippen LogP contribution in [0.3, 0.4) is 0 Å². The van der Waals surface area contributed by atoms with Crippen LogP contribution in [-0.2, 0) is 6.42 Å². The first-order valence-electron chi connectivity index (χ1n) is 13.8. The number of ether oxygens (including phenoxy) is 2. The van der Waals surface area contributed by atoms with Crippen LogP contribution in [0.15, 0.2) is 88.4 Å². The highest BCUT2D eigenvalue weighted by Gasteiger charge is 2.31. The average Bonchev–Trinajstić information content (AvgIpc) is 3.64. The zero-order chi connectivity index (χ0) is 32.1. The lowest BCUT2D eigenvalue weighted by atomic mass is 10.0. The standard InChI is InChI=1S/C32H29F3N6O3S/c1-20(2)27-14-13-26(43-4)17-28(27)41-21(3)18-45-31(41)38-30(42)36-16-15-22-5-7-23(8-6-22)29-37-19-40(39-29)24-9-11-25(12-10-24)44-32(33,34)35/h5-14,16-20H,15H2,1-4H3. The van der Waals surface area contributed by atoms with Crippen LogP contribution >= 0.6 is 11.3 Å². The van der Waals surface area contributed by atoms with Crippen LogP contribution in [0.5, 0.6) is 11.5 Å². The van der Waals surface area contributed by atoms with Crippen LogP contribution in [0.4, 0.5) is 18.0 Å². The summed E-state index contributed by atoms with van der Waals surface area (Å²) in [5.41, 5.74) is 5.14.